The topological polar surface area (TPSA) is 64.7 Å². The number of nitrogens with zero attached hydrogens (tertiary/aromatic N) is 3. The van der Waals surface area contributed by atoms with Crippen molar-refractivity contribution in [2.24, 2.45) is 5.73 Å². The molecule has 2 aromatic rings. The van der Waals surface area contributed by atoms with Gasteiger partial charge in [-0.3, -0.25) is 4.98 Å². The van der Waals surface area contributed by atoms with E-state index in [1.807, 2.05) is 6.92 Å². The van der Waals surface area contributed by atoms with Gasteiger partial charge in [-0.15, -0.1) is 10.2 Å². The largest absolute Gasteiger partial charge is 0.322 e. The van der Waals surface area contributed by atoms with Gasteiger partial charge in [0.15, 0.2) is 10.8 Å². The Balaban J connectivity index is 2.42. The van der Waals surface area contributed by atoms with Crippen LogP contribution in [0.4, 0.5) is 4.39 Å². The number of pyridine rings is 1. The van der Waals surface area contributed by atoms with E-state index in [0.29, 0.717) is 15.6 Å². The van der Waals surface area contributed by atoms with Crippen molar-refractivity contribution < 1.29 is 4.39 Å². The van der Waals surface area contributed by atoms with E-state index in [4.69, 9.17) is 5.73 Å². The first-order valence-electron chi connectivity index (χ1n) is 4.37. The summed E-state index contributed by atoms with van der Waals surface area (Å²) < 4.78 is 13.3. The maximum atomic E-state index is 13.3. The zero-order valence-corrected chi connectivity index (χ0v) is 8.83. The molecule has 2 N–H and O–H groups in total. The van der Waals surface area contributed by atoms with E-state index in [1.165, 1.54) is 17.5 Å². The van der Waals surface area contributed by atoms with Crippen molar-refractivity contribution >= 4 is 11.3 Å². The minimum atomic E-state index is -0.398. The third-order valence-corrected chi connectivity index (χ3v) is 2.99. The third-order valence-electron chi connectivity index (χ3n) is 1.83. The van der Waals surface area contributed by atoms with E-state index in [-0.39, 0.29) is 6.04 Å². The molecule has 2 aromatic heterocycles. The summed E-state index contributed by atoms with van der Waals surface area (Å²) in [7, 11) is 0. The third kappa shape index (κ3) is 2.00. The molecule has 15 heavy (non-hydrogen) atoms. The van der Waals surface area contributed by atoms with E-state index in [9.17, 15) is 4.39 Å². The molecule has 1 atom stereocenters. The van der Waals surface area contributed by atoms with Crippen molar-refractivity contribution in [1.82, 2.24) is 15.2 Å². The summed E-state index contributed by atoms with van der Waals surface area (Å²) >= 11 is 1.29. The molecule has 0 aromatic carbocycles. The van der Waals surface area contributed by atoms with Crippen LogP contribution >= 0.6 is 11.3 Å². The molecule has 0 amide bonds. The Morgan fingerprint density at radius 1 is 1.47 bits per heavy atom. The lowest BCUT2D eigenvalue weighted by atomic mass is 10.3. The van der Waals surface area contributed by atoms with Gasteiger partial charge < -0.3 is 5.73 Å². The lowest BCUT2D eigenvalue weighted by Gasteiger charge is -1.96. The van der Waals surface area contributed by atoms with Crippen LogP contribution < -0.4 is 5.73 Å². The van der Waals surface area contributed by atoms with Gasteiger partial charge in [-0.25, -0.2) is 4.39 Å². The highest BCUT2D eigenvalue weighted by molar-refractivity contribution is 7.14. The van der Waals surface area contributed by atoms with Gasteiger partial charge >= 0.3 is 0 Å². The van der Waals surface area contributed by atoms with E-state index in [0.717, 1.165) is 6.20 Å². The van der Waals surface area contributed by atoms with Gasteiger partial charge in [0.25, 0.3) is 0 Å². The van der Waals surface area contributed by atoms with Gasteiger partial charge in [0.05, 0.1) is 17.8 Å². The van der Waals surface area contributed by atoms with Crippen molar-refractivity contribution in [2.75, 3.05) is 0 Å². The fourth-order valence-corrected chi connectivity index (χ4v) is 1.90. The molecule has 0 aliphatic heterocycles. The number of aromatic nitrogens is 3. The van der Waals surface area contributed by atoms with Crippen LogP contribution in [0.2, 0.25) is 0 Å². The van der Waals surface area contributed by atoms with Crippen LogP contribution in [0.5, 0.6) is 0 Å². The van der Waals surface area contributed by atoms with Crippen LogP contribution in [0.1, 0.15) is 18.0 Å². The number of halogens is 1. The lowest BCUT2D eigenvalue weighted by Crippen LogP contribution is -2.03. The zero-order valence-electron chi connectivity index (χ0n) is 8.01. The standard InChI is InChI=1S/C9H9FN4S/c1-5(11)8-13-14-9(15-8)6-2-3-12-4-7(6)10/h2-5H,11H2,1H3. The van der Waals surface area contributed by atoms with Crippen molar-refractivity contribution in [3.63, 3.8) is 0 Å². The fraction of sp³-hybridized carbons (Fsp3) is 0.222. The van der Waals surface area contributed by atoms with Crippen LogP contribution in [-0.2, 0) is 0 Å². The van der Waals surface area contributed by atoms with Crippen molar-refractivity contribution in [1.29, 1.82) is 0 Å². The molecule has 0 spiro atoms. The molecule has 78 valence electrons. The van der Waals surface area contributed by atoms with E-state index in [1.54, 1.807) is 6.07 Å². The second-order valence-electron chi connectivity index (χ2n) is 3.09. The summed E-state index contributed by atoms with van der Waals surface area (Å²) in [5, 5.41) is 9.00. The van der Waals surface area contributed by atoms with E-state index in [2.05, 4.69) is 15.2 Å². The molecule has 1 unspecified atom stereocenters. The van der Waals surface area contributed by atoms with Gasteiger partial charge in [0, 0.05) is 6.20 Å². The van der Waals surface area contributed by atoms with Crippen LogP contribution in [-0.4, -0.2) is 15.2 Å². The molecular formula is C9H9FN4S. The van der Waals surface area contributed by atoms with Gasteiger partial charge in [-0.1, -0.05) is 11.3 Å². The van der Waals surface area contributed by atoms with Crippen LogP contribution in [0.15, 0.2) is 18.5 Å². The van der Waals surface area contributed by atoms with Crippen molar-refractivity contribution in [2.45, 2.75) is 13.0 Å². The summed E-state index contributed by atoms with van der Waals surface area (Å²) in [6.45, 7) is 1.81. The average Bonchev–Trinajstić information content (AvgIpc) is 2.67. The molecule has 0 saturated carbocycles. The molecule has 0 radical (unpaired) electrons. The lowest BCUT2D eigenvalue weighted by molar-refractivity contribution is 0.624. The Morgan fingerprint density at radius 3 is 2.87 bits per heavy atom. The number of hydrogen-bond donors (Lipinski definition) is 1. The summed E-state index contributed by atoms with van der Waals surface area (Å²) in [4.78, 5) is 3.67. The van der Waals surface area contributed by atoms with Gasteiger partial charge in [0.1, 0.15) is 5.01 Å². The molecule has 2 rings (SSSR count). The highest BCUT2D eigenvalue weighted by Gasteiger charge is 2.12. The number of hydrogen-bond acceptors (Lipinski definition) is 5. The van der Waals surface area contributed by atoms with Gasteiger partial charge in [0.2, 0.25) is 0 Å². The van der Waals surface area contributed by atoms with Crippen LogP contribution in [0, 0.1) is 5.82 Å². The maximum absolute atomic E-state index is 13.3. The minimum Gasteiger partial charge on any atom is -0.322 e. The first kappa shape index (κ1) is 10.1. The Labute approximate surface area is 90.0 Å². The molecule has 6 heteroatoms. The average molecular weight is 224 g/mol. The Hall–Kier alpha value is -1.40. The highest BCUT2D eigenvalue weighted by atomic mass is 32.1. The number of rotatable bonds is 2. The first-order chi connectivity index (χ1) is 7.18. The summed E-state index contributed by atoms with van der Waals surface area (Å²) in [6.07, 6.45) is 2.67. The highest BCUT2D eigenvalue weighted by Crippen LogP contribution is 2.27. The van der Waals surface area contributed by atoms with E-state index < -0.39 is 5.82 Å². The molecule has 0 bridgehead atoms. The maximum Gasteiger partial charge on any atom is 0.151 e. The molecule has 0 saturated heterocycles. The van der Waals surface area contributed by atoms with Crippen molar-refractivity contribution in [3.05, 3.63) is 29.3 Å². The van der Waals surface area contributed by atoms with Gasteiger partial charge in [-0.2, -0.15) is 0 Å². The first-order valence-corrected chi connectivity index (χ1v) is 5.19. The minimum absolute atomic E-state index is 0.179. The van der Waals surface area contributed by atoms with Crippen LogP contribution in [0.25, 0.3) is 10.6 Å². The van der Waals surface area contributed by atoms with E-state index >= 15 is 0 Å². The fourth-order valence-electron chi connectivity index (χ4n) is 1.08. The molecule has 0 aliphatic carbocycles. The molecule has 2 heterocycles. The molecule has 0 aliphatic rings. The predicted molar refractivity (Wildman–Crippen MR) is 55.7 cm³/mol. The Morgan fingerprint density at radius 2 is 2.27 bits per heavy atom. The quantitative estimate of drug-likeness (QED) is 0.844. The summed E-state index contributed by atoms with van der Waals surface area (Å²) in [6, 6.07) is 1.39. The monoisotopic (exact) mass is 224 g/mol. The number of nitrogens with two attached hydrogens (primary N) is 1. The SMILES string of the molecule is CC(N)c1nnc(-c2ccncc2F)s1. The molecule has 4 nitrogen and oxygen atoms in total. The van der Waals surface area contributed by atoms with Crippen LogP contribution in [0.3, 0.4) is 0 Å². The molecular weight excluding hydrogens is 215 g/mol. The zero-order chi connectivity index (χ0) is 10.8. The normalized spacial score (nSPS) is 12.7. The van der Waals surface area contributed by atoms with Crippen molar-refractivity contribution in [3.8, 4) is 10.6 Å². The Kier molecular flexibility index (Phi) is 2.70. The smallest absolute Gasteiger partial charge is 0.151 e. The Bertz CT molecular complexity index is 469. The summed E-state index contributed by atoms with van der Waals surface area (Å²) in [5.41, 5.74) is 6.06. The van der Waals surface area contributed by atoms with Gasteiger partial charge in [-0.05, 0) is 13.0 Å². The molecule has 0 fully saturated rings. The predicted octanol–water partition coefficient (Wildman–Crippen LogP) is 1.76. The summed E-state index contributed by atoms with van der Waals surface area (Å²) in [5.74, 6) is -0.398. The second kappa shape index (κ2) is 4.00. The second-order valence-corrected chi connectivity index (χ2v) is 4.10.